The van der Waals surface area contributed by atoms with E-state index in [0.29, 0.717) is 0 Å². The molecule has 0 aliphatic heterocycles. The van der Waals surface area contributed by atoms with Gasteiger partial charge in [-0.25, -0.2) is 0 Å². The molecule has 0 radical (unpaired) electrons. The first-order chi connectivity index (χ1) is 30.3. The highest BCUT2D eigenvalue weighted by Crippen LogP contribution is 2.43. The maximum absolute atomic E-state index is 6.50. The summed E-state index contributed by atoms with van der Waals surface area (Å²) in [5.41, 5.74) is 15.5. The lowest BCUT2D eigenvalue weighted by molar-refractivity contribution is 0.670. The fourth-order valence-corrected chi connectivity index (χ4v) is 9.37. The second kappa shape index (κ2) is 14.3. The number of benzene rings is 10. The summed E-state index contributed by atoms with van der Waals surface area (Å²) in [4.78, 5) is 2.36. The van der Waals surface area contributed by atoms with Crippen LogP contribution >= 0.6 is 0 Å². The van der Waals surface area contributed by atoms with E-state index in [-0.39, 0.29) is 0 Å². The second-order valence-corrected chi connectivity index (χ2v) is 15.7. The van der Waals surface area contributed by atoms with E-state index in [4.69, 9.17) is 4.42 Å². The van der Waals surface area contributed by atoms with E-state index < -0.39 is 0 Å². The van der Waals surface area contributed by atoms with Gasteiger partial charge in [-0.1, -0.05) is 170 Å². The van der Waals surface area contributed by atoms with Crippen molar-refractivity contribution in [3.05, 3.63) is 231 Å². The van der Waals surface area contributed by atoms with Crippen LogP contribution < -0.4 is 4.90 Å². The zero-order valence-corrected chi connectivity index (χ0v) is 33.2. The average molecular weight is 779 g/mol. The Hall–Kier alpha value is -8.14. The Morgan fingerprint density at radius 2 is 0.836 bits per heavy atom. The van der Waals surface area contributed by atoms with Crippen molar-refractivity contribution in [3.63, 3.8) is 0 Å². The molecule has 12 rings (SSSR count). The van der Waals surface area contributed by atoms with E-state index in [0.717, 1.165) is 72.5 Å². The predicted molar refractivity (Wildman–Crippen MR) is 257 cm³/mol. The van der Waals surface area contributed by atoms with Gasteiger partial charge in [-0.3, -0.25) is 0 Å². The molecule has 0 bridgehead atoms. The van der Waals surface area contributed by atoms with Gasteiger partial charge >= 0.3 is 0 Å². The van der Waals surface area contributed by atoms with E-state index in [2.05, 4.69) is 228 Å². The minimum Gasteiger partial charge on any atom is -0.455 e. The number of anilines is 3. The third-order valence-electron chi connectivity index (χ3n) is 12.2. The van der Waals surface area contributed by atoms with Crippen molar-refractivity contribution >= 4 is 71.6 Å². The molecule has 0 aliphatic rings. The van der Waals surface area contributed by atoms with Gasteiger partial charge in [-0.15, -0.1) is 0 Å². The quantitative estimate of drug-likeness (QED) is 0.161. The smallest absolute Gasteiger partial charge is 0.143 e. The molecule has 286 valence electrons. The summed E-state index contributed by atoms with van der Waals surface area (Å²) in [6, 6.07) is 82.9. The van der Waals surface area contributed by atoms with Gasteiger partial charge in [0.2, 0.25) is 0 Å². The fraction of sp³-hybridized carbons (Fsp3) is 0. The van der Waals surface area contributed by atoms with Crippen LogP contribution in [-0.4, -0.2) is 4.57 Å². The minimum absolute atomic E-state index is 0.904. The van der Waals surface area contributed by atoms with Crippen LogP contribution in [0.4, 0.5) is 17.1 Å². The van der Waals surface area contributed by atoms with Gasteiger partial charge in [0.1, 0.15) is 11.2 Å². The number of aromatic nitrogens is 1. The van der Waals surface area contributed by atoms with Gasteiger partial charge in [0.15, 0.2) is 0 Å². The predicted octanol–water partition coefficient (Wildman–Crippen LogP) is 16.3. The maximum atomic E-state index is 6.50. The fourth-order valence-electron chi connectivity index (χ4n) is 9.37. The van der Waals surface area contributed by atoms with Crippen LogP contribution in [0, 0.1) is 0 Å². The molecule has 12 aromatic rings. The third kappa shape index (κ3) is 5.82. The lowest BCUT2D eigenvalue weighted by Crippen LogP contribution is -2.10. The zero-order chi connectivity index (χ0) is 40.3. The number of nitrogens with zero attached hydrogens (tertiary/aromatic N) is 2. The first kappa shape index (κ1) is 34.9. The molecule has 0 saturated carbocycles. The Labute approximate surface area is 353 Å². The molecule has 0 N–H and O–H groups in total. The van der Waals surface area contributed by atoms with Crippen molar-refractivity contribution in [1.82, 2.24) is 4.57 Å². The number of furan rings is 1. The van der Waals surface area contributed by atoms with Gasteiger partial charge in [-0.2, -0.15) is 0 Å². The van der Waals surface area contributed by atoms with Gasteiger partial charge in [0.05, 0.1) is 16.7 Å². The van der Waals surface area contributed by atoms with E-state index in [1.165, 1.54) is 38.1 Å². The molecule has 0 spiro atoms. The van der Waals surface area contributed by atoms with Crippen molar-refractivity contribution < 1.29 is 4.42 Å². The lowest BCUT2D eigenvalue weighted by Gasteiger charge is -2.26. The highest BCUT2D eigenvalue weighted by Gasteiger charge is 2.19. The first-order valence-corrected chi connectivity index (χ1v) is 20.8. The summed E-state index contributed by atoms with van der Waals surface area (Å²) in [6.45, 7) is 0. The van der Waals surface area contributed by atoms with Crippen molar-refractivity contribution in [3.8, 4) is 39.1 Å². The van der Waals surface area contributed by atoms with Gasteiger partial charge in [0, 0.05) is 49.7 Å². The topological polar surface area (TPSA) is 21.3 Å². The molecular weight excluding hydrogens is 741 g/mol. The summed E-state index contributed by atoms with van der Waals surface area (Å²) in [5.74, 6) is 0. The number of hydrogen-bond donors (Lipinski definition) is 0. The van der Waals surface area contributed by atoms with Crippen molar-refractivity contribution in [2.75, 3.05) is 4.90 Å². The molecule has 0 atom stereocenters. The highest BCUT2D eigenvalue weighted by molar-refractivity contribution is 6.11. The number of fused-ring (bicyclic) bond motifs is 7. The Morgan fingerprint density at radius 3 is 1.56 bits per heavy atom. The SMILES string of the molecule is c1ccc(-c2cccc3c2oc2ccccc23)c(-c2ccc(N(c3ccc(-c4ccccc4-n4c5ccccc5c5ccccc54)cc3)c3ccc4ccccc4c3)cc2)c1. The van der Waals surface area contributed by atoms with Crippen molar-refractivity contribution in [1.29, 1.82) is 0 Å². The Balaban J connectivity index is 0.953. The summed E-state index contributed by atoms with van der Waals surface area (Å²) < 4.78 is 8.90. The summed E-state index contributed by atoms with van der Waals surface area (Å²) in [7, 11) is 0. The number of hydrogen-bond acceptors (Lipinski definition) is 2. The Morgan fingerprint density at radius 1 is 0.328 bits per heavy atom. The van der Waals surface area contributed by atoms with Crippen LogP contribution in [-0.2, 0) is 0 Å². The van der Waals surface area contributed by atoms with E-state index >= 15 is 0 Å². The molecule has 61 heavy (non-hydrogen) atoms. The van der Waals surface area contributed by atoms with Gasteiger partial charge in [-0.05, 0) is 93.7 Å². The highest BCUT2D eigenvalue weighted by atomic mass is 16.3. The summed E-state index contributed by atoms with van der Waals surface area (Å²) in [6.07, 6.45) is 0. The molecule has 0 aliphatic carbocycles. The van der Waals surface area contributed by atoms with E-state index in [9.17, 15) is 0 Å². The second-order valence-electron chi connectivity index (χ2n) is 15.7. The first-order valence-electron chi connectivity index (χ1n) is 20.8. The molecule has 3 heteroatoms. The van der Waals surface area contributed by atoms with Crippen LogP contribution in [0.2, 0.25) is 0 Å². The molecule has 0 unspecified atom stereocenters. The maximum Gasteiger partial charge on any atom is 0.143 e. The molecule has 10 aromatic carbocycles. The number of para-hydroxylation sites is 5. The van der Waals surface area contributed by atoms with Crippen LogP contribution in [0.15, 0.2) is 235 Å². The zero-order valence-electron chi connectivity index (χ0n) is 33.2. The van der Waals surface area contributed by atoms with Crippen LogP contribution in [0.25, 0.3) is 93.6 Å². The third-order valence-corrected chi connectivity index (χ3v) is 12.2. The molecule has 0 saturated heterocycles. The Kier molecular flexibility index (Phi) is 8.17. The molecular formula is C58H38N2O. The monoisotopic (exact) mass is 778 g/mol. The van der Waals surface area contributed by atoms with Crippen LogP contribution in [0.1, 0.15) is 0 Å². The summed E-state index contributed by atoms with van der Waals surface area (Å²) in [5, 5.41) is 7.20. The standard InChI is InChI=1S/C58H38N2O/c1-2-15-42-38-45(37-28-39(42)14-1)59(43-33-29-40(30-34-43)46-16-3-4-18-48(46)52-22-13-23-53-51-21-8-12-27-57(51)61-58(52)53)44-35-31-41(32-36-44)47-17-5-9-24-54(47)60-55-25-10-6-19-49(55)50-20-7-11-26-56(50)60/h1-38H. The molecule has 2 aromatic heterocycles. The minimum atomic E-state index is 0.904. The van der Waals surface area contributed by atoms with E-state index in [1.807, 2.05) is 12.1 Å². The van der Waals surface area contributed by atoms with Gasteiger partial charge in [0.25, 0.3) is 0 Å². The van der Waals surface area contributed by atoms with Crippen LogP contribution in [0.3, 0.4) is 0 Å². The Bertz CT molecular complexity index is 3540. The van der Waals surface area contributed by atoms with Crippen LogP contribution in [0.5, 0.6) is 0 Å². The molecule has 0 amide bonds. The lowest BCUT2D eigenvalue weighted by atomic mass is 9.93. The van der Waals surface area contributed by atoms with Crippen molar-refractivity contribution in [2.24, 2.45) is 0 Å². The van der Waals surface area contributed by atoms with Crippen molar-refractivity contribution in [2.45, 2.75) is 0 Å². The molecule has 2 heterocycles. The molecule has 0 fully saturated rings. The summed E-state index contributed by atoms with van der Waals surface area (Å²) >= 11 is 0. The van der Waals surface area contributed by atoms with Gasteiger partial charge < -0.3 is 13.9 Å². The average Bonchev–Trinajstić information content (AvgIpc) is 3.88. The van der Waals surface area contributed by atoms with E-state index in [1.54, 1.807) is 0 Å². The molecule has 3 nitrogen and oxygen atoms in total. The number of rotatable bonds is 7. The largest absolute Gasteiger partial charge is 0.455 e. The normalized spacial score (nSPS) is 11.6.